The smallest absolute Gasteiger partial charge is 0.372 e. The summed E-state index contributed by atoms with van der Waals surface area (Å²) >= 11 is 0. The first kappa shape index (κ1) is 8.89. The van der Waals surface area contributed by atoms with E-state index >= 15 is 0 Å². The Bertz CT molecular complexity index is 437. The summed E-state index contributed by atoms with van der Waals surface area (Å²) in [5.74, 6) is -1.57. The first-order chi connectivity index (χ1) is 6.68. The van der Waals surface area contributed by atoms with Crippen molar-refractivity contribution in [3.63, 3.8) is 0 Å². The first-order valence-electron chi connectivity index (χ1n) is 4.11. The molecular weight excluding hydrogens is 188 g/mol. The van der Waals surface area contributed by atoms with Crippen LogP contribution in [0.1, 0.15) is 21.9 Å². The molecule has 1 aromatic rings. The average molecular weight is 196 g/mol. The zero-order chi connectivity index (χ0) is 10.1. The molecule has 1 aliphatic heterocycles. The third-order valence-electron chi connectivity index (χ3n) is 2.04. The number of aromatic amines is 1. The number of aromatic nitrogens is 2. The highest BCUT2D eigenvalue weighted by molar-refractivity contribution is 5.83. The zero-order valence-electron chi connectivity index (χ0n) is 7.24. The van der Waals surface area contributed by atoms with Crippen LogP contribution in [-0.2, 0) is 17.8 Å². The molecule has 1 aromatic heterocycles. The van der Waals surface area contributed by atoms with E-state index in [1.165, 1.54) is 0 Å². The van der Waals surface area contributed by atoms with Gasteiger partial charge in [0.15, 0.2) is 0 Å². The van der Waals surface area contributed by atoms with E-state index in [0.29, 0.717) is 24.3 Å². The van der Waals surface area contributed by atoms with Crippen LogP contribution in [0.25, 0.3) is 0 Å². The zero-order valence-corrected chi connectivity index (χ0v) is 7.24. The van der Waals surface area contributed by atoms with Gasteiger partial charge in [-0.3, -0.25) is 4.79 Å². The van der Waals surface area contributed by atoms with Crippen LogP contribution in [0.15, 0.2) is 4.79 Å². The Morgan fingerprint density at radius 3 is 3.07 bits per heavy atom. The number of hydrogen-bond donors (Lipinski definition) is 2. The molecule has 0 saturated carbocycles. The number of fused-ring (bicyclic) bond motifs is 1. The minimum Gasteiger partial charge on any atom is -0.475 e. The molecular formula is C8H8N2O4. The number of hydrogen-bond acceptors (Lipinski definition) is 4. The van der Waals surface area contributed by atoms with E-state index in [-0.39, 0.29) is 18.0 Å². The Morgan fingerprint density at radius 2 is 2.36 bits per heavy atom. The SMILES string of the molecule is O=C(O)c1nc2c(c(=O)[nH]1)CCOC2. The number of H-pyrrole nitrogens is 1. The van der Waals surface area contributed by atoms with Crippen LogP contribution in [0.5, 0.6) is 0 Å². The third kappa shape index (κ3) is 1.39. The van der Waals surface area contributed by atoms with Crippen LogP contribution in [0, 0.1) is 0 Å². The molecule has 0 bridgehead atoms. The number of aromatic carboxylic acids is 1. The fourth-order valence-electron chi connectivity index (χ4n) is 1.37. The van der Waals surface area contributed by atoms with Gasteiger partial charge in [-0.05, 0) is 0 Å². The molecule has 0 unspecified atom stereocenters. The van der Waals surface area contributed by atoms with Crippen LogP contribution in [0.2, 0.25) is 0 Å². The maximum absolute atomic E-state index is 11.4. The van der Waals surface area contributed by atoms with Crippen molar-refractivity contribution in [3.05, 3.63) is 27.4 Å². The van der Waals surface area contributed by atoms with Gasteiger partial charge in [0, 0.05) is 12.0 Å². The summed E-state index contributed by atoms with van der Waals surface area (Å²) in [7, 11) is 0. The maximum atomic E-state index is 11.4. The quantitative estimate of drug-likeness (QED) is 0.634. The minimum absolute atomic E-state index is 0.208. The molecule has 0 saturated heterocycles. The Labute approximate surface area is 78.6 Å². The molecule has 6 nitrogen and oxygen atoms in total. The van der Waals surface area contributed by atoms with E-state index in [0.717, 1.165) is 0 Å². The first-order valence-corrected chi connectivity index (χ1v) is 4.11. The van der Waals surface area contributed by atoms with Crippen molar-refractivity contribution in [1.29, 1.82) is 0 Å². The molecule has 6 heteroatoms. The van der Waals surface area contributed by atoms with Gasteiger partial charge in [-0.15, -0.1) is 0 Å². The van der Waals surface area contributed by atoms with Crippen molar-refractivity contribution in [2.24, 2.45) is 0 Å². The molecule has 74 valence electrons. The van der Waals surface area contributed by atoms with E-state index in [1.54, 1.807) is 0 Å². The number of nitrogens with zero attached hydrogens (tertiary/aromatic N) is 1. The fraction of sp³-hybridized carbons (Fsp3) is 0.375. The van der Waals surface area contributed by atoms with Crippen molar-refractivity contribution < 1.29 is 14.6 Å². The second-order valence-electron chi connectivity index (χ2n) is 2.95. The van der Waals surface area contributed by atoms with Gasteiger partial charge in [-0.1, -0.05) is 0 Å². The number of carboxylic acids is 1. The van der Waals surface area contributed by atoms with Gasteiger partial charge in [-0.25, -0.2) is 9.78 Å². The maximum Gasteiger partial charge on any atom is 0.372 e. The molecule has 2 heterocycles. The molecule has 0 radical (unpaired) electrons. The van der Waals surface area contributed by atoms with Gasteiger partial charge in [0.05, 0.1) is 18.9 Å². The molecule has 2 N–H and O–H groups in total. The summed E-state index contributed by atoms with van der Waals surface area (Å²) in [6.07, 6.45) is 0.484. The van der Waals surface area contributed by atoms with Crippen molar-refractivity contribution >= 4 is 5.97 Å². The van der Waals surface area contributed by atoms with Gasteiger partial charge < -0.3 is 14.8 Å². The van der Waals surface area contributed by atoms with Crippen molar-refractivity contribution in [2.45, 2.75) is 13.0 Å². The van der Waals surface area contributed by atoms with E-state index in [9.17, 15) is 9.59 Å². The lowest BCUT2D eigenvalue weighted by molar-refractivity contribution is 0.0678. The van der Waals surface area contributed by atoms with Gasteiger partial charge in [-0.2, -0.15) is 0 Å². The second kappa shape index (κ2) is 3.22. The summed E-state index contributed by atoms with van der Waals surface area (Å²) in [5, 5.41) is 8.64. The Balaban J connectivity index is 2.57. The summed E-state index contributed by atoms with van der Waals surface area (Å²) in [6, 6.07) is 0. The lowest BCUT2D eigenvalue weighted by Gasteiger charge is -2.14. The second-order valence-corrected chi connectivity index (χ2v) is 2.95. The predicted molar refractivity (Wildman–Crippen MR) is 45.2 cm³/mol. The monoisotopic (exact) mass is 196 g/mol. The largest absolute Gasteiger partial charge is 0.475 e. The molecule has 0 aromatic carbocycles. The van der Waals surface area contributed by atoms with Gasteiger partial charge in [0.1, 0.15) is 0 Å². The fourth-order valence-corrected chi connectivity index (χ4v) is 1.37. The molecule has 2 rings (SSSR count). The van der Waals surface area contributed by atoms with Crippen LogP contribution in [0.3, 0.4) is 0 Å². The summed E-state index contributed by atoms with van der Waals surface area (Å²) < 4.78 is 5.08. The molecule has 0 amide bonds. The molecule has 0 spiro atoms. The number of carbonyl (C=O) groups is 1. The average Bonchev–Trinajstić information content (AvgIpc) is 2.17. The molecule has 0 fully saturated rings. The van der Waals surface area contributed by atoms with Crippen LogP contribution in [0.4, 0.5) is 0 Å². The van der Waals surface area contributed by atoms with E-state index in [1.807, 2.05) is 0 Å². The van der Waals surface area contributed by atoms with Gasteiger partial charge in [0.2, 0.25) is 5.82 Å². The van der Waals surface area contributed by atoms with Crippen molar-refractivity contribution in [2.75, 3.05) is 6.61 Å². The van der Waals surface area contributed by atoms with Crippen LogP contribution >= 0.6 is 0 Å². The number of rotatable bonds is 1. The van der Waals surface area contributed by atoms with Gasteiger partial charge in [0.25, 0.3) is 5.56 Å². The highest BCUT2D eigenvalue weighted by Gasteiger charge is 2.17. The van der Waals surface area contributed by atoms with Crippen LogP contribution < -0.4 is 5.56 Å². The van der Waals surface area contributed by atoms with Crippen molar-refractivity contribution in [1.82, 2.24) is 9.97 Å². The third-order valence-corrected chi connectivity index (χ3v) is 2.04. The summed E-state index contributed by atoms with van der Waals surface area (Å²) in [6.45, 7) is 0.684. The summed E-state index contributed by atoms with van der Waals surface area (Å²) in [4.78, 5) is 27.9. The van der Waals surface area contributed by atoms with E-state index in [4.69, 9.17) is 9.84 Å². The molecule has 14 heavy (non-hydrogen) atoms. The van der Waals surface area contributed by atoms with E-state index in [2.05, 4.69) is 9.97 Å². The number of ether oxygens (including phenoxy) is 1. The Hall–Kier alpha value is -1.69. The topological polar surface area (TPSA) is 92.3 Å². The van der Waals surface area contributed by atoms with Crippen LogP contribution in [-0.4, -0.2) is 27.7 Å². The normalized spacial score (nSPS) is 14.9. The summed E-state index contributed by atoms with van der Waals surface area (Å²) in [5.41, 5.74) is 0.578. The standard InChI is InChI=1S/C8H8N2O4/c11-7-4-1-2-14-3-5(4)9-6(10-7)8(12)13/h1-3H2,(H,12,13)(H,9,10,11). The number of nitrogens with one attached hydrogen (secondary N) is 1. The Kier molecular flexibility index (Phi) is 2.05. The van der Waals surface area contributed by atoms with E-state index < -0.39 is 5.97 Å². The molecule has 0 aliphatic carbocycles. The minimum atomic E-state index is -1.24. The number of carboxylic acid groups (broad SMARTS) is 1. The molecule has 1 aliphatic rings. The Morgan fingerprint density at radius 1 is 1.57 bits per heavy atom. The highest BCUT2D eigenvalue weighted by Crippen LogP contribution is 2.09. The van der Waals surface area contributed by atoms with Gasteiger partial charge >= 0.3 is 5.97 Å². The lowest BCUT2D eigenvalue weighted by Crippen LogP contribution is -2.26. The molecule has 0 atom stereocenters. The predicted octanol–water partition coefficient (Wildman–Crippen LogP) is -0.459. The highest BCUT2D eigenvalue weighted by atomic mass is 16.5. The lowest BCUT2D eigenvalue weighted by atomic mass is 10.1. The van der Waals surface area contributed by atoms with Crippen molar-refractivity contribution in [3.8, 4) is 0 Å².